The number of rotatable bonds is 1. The summed E-state index contributed by atoms with van der Waals surface area (Å²) in [7, 11) is 0. The van der Waals surface area contributed by atoms with E-state index in [0.717, 1.165) is 12.8 Å². The zero-order chi connectivity index (χ0) is 9.61. The van der Waals surface area contributed by atoms with Crippen molar-refractivity contribution in [2.75, 3.05) is 6.61 Å². The largest absolute Gasteiger partial charge is 0.396 e. The van der Waals surface area contributed by atoms with Gasteiger partial charge in [-0.3, -0.25) is 4.79 Å². The van der Waals surface area contributed by atoms with Crippen LogP contribution in [0, 0.1) is 0 Å². The van der Waals surface area contributed by atoms with Gasteiger partial charge in [-0.25, -0.2) is 0 Å². The summed E-state index contributed by atoms with van der Waals surface area (Å²) in [5.74, 6) is 0.190. The van der Waals surface area contributed by atoms with E-state index in [9.17, 15) is 4.79 Å². The first-order valence-corrected chi connectivity index (χ1v) is 4.43. The fourth-order valence-electron chi connectivity index (χ4n) is 0.928. The molecule has 0 spiro atoms. The summed E-state index contributed by atoms with van der Waals surface area (Å²) in [4.78, 5) is 10.5. The molecule has 1 fully saturated rings. The van der Waals surface area contributed by atoms with Gasteiger partial charge in [0.15, 0.2) is 0 Å². The molecule has 0 aromatic carbocycles. The summed E-state index contributed by atoms with van der Waals surface area (Å²) in [6.07, 6.45) is 2.55. The topological polar surface area (TPSA) is 49.3 Å². The van der Waals surface area contributed by atoms with E-state index in [0.29, 0.717) is 13.0 Å². The van der Waals surface area contributed by atoms with Crippen molar-refractivity contribution in [1.82, 2.24) is 5.32 Å². The highest BCUT2D eigenvalue weighted by Gasteiger charge is 2.27. The van der Waals surface area contributed by atoms with E-state index in [4.69, 9.17) is 5.11 Å². The SMILES string of the molecule is CC1(C)CCC(=O)N1.CCCO. The highest BCUT2D eigenvalue weighted by molar-refractivity contribution is 5.79. The molecule has 1 rings (SSSR count). The molecule has 0 aliphatic carbocycles. The first kappa shape index (κ1) is 11.4. The molecule has 0 radical (unpaired) electrons. The molecule has 0 saturated carbocycles. The summed E-state index contributed by atoms with van der Waals surface area (Å²) in [6, 6.07) is 0. The van der Waals surface area contributed by atoms with E-state index in [1.54, 1.807) is 0 Å². The van der Waals surface area contributed by atoms with Gasteiger partial charge in [0, 0.05) is 18.6 Å². The maximum absolute atomic E-state index is 10.5. The monoisotopic (exact) mass is 173 g/mol. The Kier molecular flexibility index (Phi) is 4.90. The minimum Gasteiger partial charge on any atom is -0.396 e. The highest BCUT2D eigenvalue weighted by Crippen LogP contribution is 2.17. The van der Waals surface area contributed by atoms with Gasteiger partial charge in [0.2, 0.25) is 5.91 Å². The van der Waals surface area contributed by atoms with Gasteiger partial charge in [0.05, 0.1) is 0 Å². The van der Waals surface area contributed by atoms with E-state index in [-0.39, 0.29) is 11.4 Å². The normalized spacial score (nSPS) is 19.5. The molecule has 1 aliphatic rings. The van der Waals surface area contributed by atoms with Crippen LogP contribution in [0.25, 0.3) is 0 Å². The molecule has 0 atom stereocenters. The lowest BCUT2D eigenvalue weighted by atomic mass is 10.0. The fraction of sp³-hybridized carbons (Fsp3) is 0.889. The van der Waals surface area contributed by atoms with Crippen LogP contribution in [0.1, 0.15) is 40.0 Å². The number of carbonyl (C=O) groups excluding carboxylic acids is 1. The van der Waals surface area contributed by atoms with Crippen molar-refractivity contribution in [1.29, 1.82) is 0 Å². The third-order valence-electron chi connectivity index (χ3n) is 1.68. The third kappa shape index (κ3) is 5.13. The maximum atomic E-state index is 10.5. The average Bonchev–Trinajstić information content (AvgIpc) is 2.30. The molecule has 3 nitrogen and oxygen atoms in total. The van der Waals surface area contributed by atoms with Gasteiger partial charge in [-0.05, 0) is 26.7 Å². The Labute approximate surface area is 74.2 Å². The smallest absolute Gasteiger partial charge is 0.220 e. The van der Waals surface area contributed by atoms with Crippen LogP contribution in [-0.2, 0) is 4.79 Å². The van der Waals surface area contributed by atoms with E-state index >= 15 is 0 Å². The Balaban J connectivity index is 0.000000261. The molecule has 1 amide bonds. The first-order valence-electron chi connectivity index (χ1n) is 4.43. The Hall–Kier alpha value is -0.570. The van der Waals surface area contributed by atoms with Crippen molar-refractivity contribution in [3.8, 4) is 0 Å². The van der Waals surface area contributed by atoms with Crippen LogP contribution in [0.2, 0.25) is 0 Å². The van der Waals surface area contributed by atoms with Crippen molar-refractivity contribution < 1.29 is 9.90 Å². The van der Waals surface area contributed by atoms with Crippen molar-refractivity contribution >= 4 is 5.91 Å². The van der Waals surface area contributed by atoms with Crippen LogP contribution >= 0.6 is 0 Å². The predicted octanol–water partition coefficient (Wildman–Crippen LogP) is 1.06. The second kappa shape index (κ2) is 5.14. The second-order valence-electron chi connectivity index (χ2n) is 3.66. The molecule has 1 heterocycles. The zero-order valence-corrected chi connectivity index (χ0v) is 8.18. The number of amides is 1. The minimum absolute atomic E-state index is 0.0666. The van der Waals surface area contributed by atoms with E-state index < -0.39 is 0 Å². The van der Waals surface area contributed by atoms with Gasteiger partial charge >= 0.3 is 0 Å². The molecule has 0 bridgehead atoms. The number of aliphatic hydroxyl groups is 1. The molecular formula is C9H19NO2. The van der Waals surface area contributed by atoms with Gasteiger partial charge in [-0.15, -0.1) is 0 Å². The van der Waals surface area contributed by atoms with Crippen molar-refractivity contribution in [2.24, 2.45) is 0 Å². The highest BCUT2D eigenvalue weighted by atomic mass is 16.2. The summed E-state index contributed by atoms with van der Waals surface area (Å²) < 4.78 is 0. The van der Waals surface area contributed by atoms with Crippen LogP contribution in [0.5, 0.6) is 0 Å². The van der Waals surface area contributed by atoms with Crippen LogP contribution in [0.4, 0.5) is 0 Å². The summed E-state index contributed by atoms with van der Waals surface area (Å²) >= 11 is 0. The van der Waals surface area contributed by atoms with Crippen LogP contribution in [0.15, 0.2) is 0 Å². The lowest BCUT2D eigenvalue weighted by Crippen LogP contribution is -2.34. The number of hydrogen-bond donors (Lipinski definition) is 2. The standard InChI is InChI=1S/C6H11NO.C3H8O/c1-6(2)4-3-5(8)7-6;1-2-3-4/h3-4H2,1-2H3,(H,7,8);4H,2-3H2,1H3. The molecule has 0 aromatic heterocycles. The third-order valence-corrected chi connectivity index (χ3v) is 1.68. The molecule has 2 N–H and O–H groups in total. The van der Waals surface area contributed by atoms with Crippen molar-refractivity contribution in [2.45, 2.75) is 45.6 Å². The quantitative estimate of drug-likeness (QED) is 0.623. The van der Waals surface area contributed by atoms with Crippen LogP contribution in [-0.4, -0.2) is 23.2 Å². The molecule has 1 saturated heterocycles. The summed E-state index contributed by atoms with van der Waals surface area (Å²) in [5.41, 5.74) is 0.0666. The van der Waals surface area contributed by atoms with E-state index in [2.05, 4.69) is 5.32 Å². The molecule has 72 valence electrons. The summed E-state index contributed by atoms with van der Waals surface area (Å²) in [6.45, 7) is 6.33. The predicted molar refractivity (Wildman–Crippen MR) is 48.8 cm³/mol. The minimum atomic E-state index is 0.0666. The number of carbonyl (C=O) groups is 1. The molecule has 12 heavy (non-hydrogen) atoms. The molecule has 3 heteroatoms. The van der Waals surface area contributed by atoms with E-state index in [1.807, 2.05) is 20.8 Å². The van der Waals surface area contributed by atoms with Gasteiger partial charge in [0.1, 0.15) is 0 Å². The van der Waals surface area contributed by atoms with E-state index in [1.165, 1.54) is 0 Å². The molecular weight excluding hydrogens is 154 g/mol. The number of nitrogens with one attached hydrogen (secondary N) is 1. The van der Waals surface area contributed by atoms with Crippen LogP contribution in [0.3, 0.4) is 0 Å². The lowest BCUT2D eigenvalue weighted by Gasteiger charge is -2.15. The van der Waals surface area contributed by atoms with Gasteiger partial charge in [-0.1, -0.05) is 6.92 Å². The van der Waals surface area contributed by atoms with Crippen LogP contribution < -0.4 is 5.32 Å². The average molecular weight is 173 g/mol. The lowest BCUT2D eigenvalue weighted by molar-refractivity contribution is -0.119. The Morgan fingerprint density at radius 2 is 2.08 bits per heavy atom. The van der Waals surface area contributed by atoms with Gasteiger partial charge < -0.3 is 10.4 Å². The first-order chi connectivity index (χ1) is 5.52. The Morgan fingerprint density at radius 1 is 1.58 bits per heavy atom. The van der Waals surface area contributed by atoms with Crippen molar-refractivity contribution in [3.63, 3.8) is 0 Å². The second-order valence-corrected chi connectivity index (χ2v) is 3.66. The Morgan fingerprint density at radius 3 is 2.17 bits per heavy atom. The van der Waals surface area contributed by atoms with Gasteiger partial charge in [-0.2, -0.15) is 0 Å². The fourth-order valence-corrected chi connectivity index (χ4v) is 0.928. The van der Waals surface area contributed by atoms with Gasteiger partial charge in [0.25, 0.3) is 0 Å². The molecule has 0 unspecified atom stereocenters. The maximum Gasteiger partial charge on any atom is 0.220 e. The molecule has 0 aromatic rings. The number of aliphatic hydroxyl groups excluding tert-OH is 1. The van der Waals surface area contributed by atoms with Crippen molar-refractivity contribution in [3.05, 3.63) is 0 Å². The number of hydrogen-bond acceptors (Lipinski definition) is 2. The zero-order valence-electron chi connectivity index (χ0n) is 8.18. The summed E-state index contributed by atoms with van der Waals surface area (Å²) in [5, 5.41) is 10.7. The molecule has 1 aliphatic heterocycles. The Bertz CT molecular complexity index is 141.